The van der Waals surface area contributed by atoms with Crippen molar-refractivity contribution >= 4 is 23.4 Å². The standard InChI is InChI=1S/C27H29ClN2O3/c1-19-13-20(2)15-23(14-19)33-18-26(31)30(17-22-11-7-8-12-24(22)28)25(27(32)29-3)16-21-9-5-4-6-10-21/h4-15,25H,16-18H2,1-3H3,(H,29,32)/t25-/m1/s1. The lowest BCUT2D eigenvalue weighted by atomic mass is 10.0. The molecule has 1 atom stereocenters. The Bertz CT molecular complexity index is 1080. The number of nitrogens with zero attached hydrogens (tertiary/aromatic N) is 1. The number of amides is 2. The van der Waals surface area contributed by atoms with Gasteiger partial charge in [0.1, 0.15) is 11.8 Å². The van der Waals surface area contributed by atoms with Crippen molar-refractivity contribution in [3.05, 3.63) is 100 Å². The molecule has 0 heterocycles. The van der Waals surface area contributed by atoms with Gasteiger partial charge in [0, 0.05) is 25.0 Å². The number of rotatable bonds is 9. The summed E-state index contributed by atoms with van der Waals surface area (Å²) in [6.07, 6.45) is 0.375. The molecule has 5 nitrogen and oxygen atoms in total. The van der Waals surface area contributed by atoms with E-state index in [9.17, 15) is 9.59 Å². The molecule has 0 aliphatic rings. The Labute approximate surface area is 200 Å². The van der Waals surface area contributed by atoms with Crippen molar-refractivity contribution in [1.82, 2.24) is 10.2 Å². The second-order valence-electron chi connectivity index (χ2n) is 8.04. The fourth-order valence-corrected chi connectivity index (χ4v) is 3.97. The van der Waals surface area contributed by atoms with E-state index in [1.54, 1.807) is 18.0 Å². The Morgan fingerprint density at radius 2 is 1.61 bits per heavy atom. The summed E-state index contributed by atoms with van der Waals surface area (Å²) in [6.45, 7) is 3.97. The zero-order valence-electron chi connectivity index (χ0n) is 19.2. The first-order valence-corrected chi connectivity index (χ1v) is 11.2. The van der Waals surface area contributed by atoms with Crippen molar-refractivity contribution in [2.24, 2.45) is 0 Å². The Kier molecular flexibility index (Phi) is 8.50. The minimum Gasteiger partial charge on any atom is -0.484 e. The number of carbonyl (C=O) groups excluding carboxylic acids is 2. The minimum atomic E-state index is -0.719. The fraction of sp³-hybridized carbons (Fsp3) is 0.259. The fourth-order valence-electron chi connectivity index (χ4n) is 3.77. The Hall–Kier alpha value is -3.31. The largest absolute Gasteiger partial charge is 0.484 e. The number of hydrogen-bond acceptors (Lipinski definition) is 3. The first kappa shape index (κ1) is 24.3. The molecule has 0 saturated heterocycles. The molecule has 0 saturated carbocycles. The molecule has 0 aromatic heterocycles. The molecule has 3 aromatic rings. The van der Waals surface area contributed by atoms with Crippen LogP contribution in [0.25, 0.3) is 0 Å². The summed E-state index contributed by atoms with van der Waals surface area (Å²) in [6, 6.07) is 22.1. The van der Waals surface area contributed by atoms with E-state index in [0.29, 0.717) is 17.2 Å². The number of nitrogens with one attached hydrogen (secondary N) is 1. The van der Waals surface area contributed by atoms with Crippen molar-refractivity contribution in [2.75, 3.05) is 13.7 Å². The number of ether oxygens (including phenoxy) is 1. The molecule has 0 aliphatic heterocycles. The molecule has 3 aromatic carbocycles. The summed E-state index contributed by atoms with van der Waals surface area (Å²) in [7, 11) is 1.57. The molecule has 3 rings (SSSR count). The molecule has 2 amide bonds. The predicted molar refractivity (Wildman–Crippen MR) is 131 cm³/mol. The third-order valence-electron chi connectivity index (χ3n) is 5.37. The van der Waals surface area contributed by atoms with Crippen LogP contribution in [0.1, 0.15) is 22.3 Å². The van der Waals surface area contributed by atoms with Gasteiger partial charge in [0.2, 0.25) is 5.91 Å². The first-order chi connectivity index (χ1) is 15.9. The van der Waals surface area contributed by atoms with Crippen LogP contribution in [-0.2, 0) is 22.6 Å². The second-order valence-corrected chi connectivity index (χ2v) is 8.45. The van der Waals surface area contributed by atoms with Gasteiger partial charge in [-0.3, -0.25) is 9.59 Å². The Balaban J connectivity index is 1.89. The van der Waals surface area contributed by atoms with E-state index in [1.165, 1.54) is 0 Å². The highest BCUT2D eigenvalue weighted by Gasteiger charge is 2.30. The summed E-state index contributed by atoms with van der Waals surface area (Å²) in [5, 5.41) is 3.25. The highest BCUT2D eigenvalue weighted by molar-refractivity contribution is 6.31. The highest BCUT2D eigenvalue weighted by Crippen LogP contribution is 2.21. The van der Waals surface area contributed by atoms with Crippen LogP contribution < -0.4 is 10.1 Å². The van der Waals surface area contributed by atoms with E-state index in [0.717, 1.165) is 22.3 Å². The number of aryl methyl sites for hydroxylation is 2. The van der Waals surface area contributed by atoms with Crippen molar-refractivity contribution in [3.63, 3.8) is 0 Å². The van der Waals surface area contributed by atoms with Crippen molar-refractivity contribution in [3.8, 4) is 5.75 Å². The molecule has 0 radical (unpaired) electrons. The van der Waals surface area contributed by atoms with E-state index in [2.05, 4.69) is 5.32 Å². The van der Waals surface area contributed by atoms with Crippen molar-refractivity contribution < 1.29 is 14.3 Å². The summed E-state index contributed by atoms with van der Waals surface area (Å²) >= 11 is 6.39. The Morgan fingerprint density at radius 1 is 0.970 bits per heavy atom. The van der Waals surface area contributed by atoms with E-state index in [4.69, 9.17) is 16.3 Å². The zero-order chi connectivity index (χ0) is 23.8. The van der Waals surface area contributed by atoms with Gasteiger partial charge in [-0.15, -0.1) is 0 Å². The van der Waals surface area contributed by atoms with Crippen LogP contribution >= 0.6 is 11.6 Å². The summed E-state index contributed by atoms with van der Waals surface area (Å²) in [5.74, 6) is 0.0855. The molecule has 33 heavy (non-hydrogen) atoms. The van der Waals surface area contributed by atoms with E-state index in [1.807, 2.05) is 80.6 Å². The molecule has 0 spiro atoms. The van der Waals surface area contributed by atoms with Crippen LogP contribution in [0.2, 0.25) is 5.02 Å². The van der Waals surface area contributed by atoms with Crippen LogP contribution in [0.15, 0.2) is 72.8 Å². The zero-order valence-corrected chi connectivity index (χ0v) is 19.9. The molecule has 1 N–H and O–H groups in total. The van der Waals surface area contributed by atoms with Gasteiger partial charge in [-0.2, -0.15) is 0 Å². The third-order valence-corrected chi connectivity index (χ3v) is 5.74. The number of benzene rings is 3. The SMILES string of the molecule is CNC(=O)[C@@H](Cc1ccccc1)N(Cc1ccccc1Cl)C(=O)COc1cc(C)cc(C)c1. The average molecular weight is 465 g/mol. The van der Waals surface area contributed by atoms with E-state index in [-0.39, 0.29) is 25.0 Å². The molecule has 0 bridgehead atoms. The number of carbonyl (C=O) groups is 2. The topological polar surface area (TPSA) is 58.6 Å². The molecule has 172 valence electrons. The molecule has 0 aliphatic carbocycles. The lowest BCUT2D eigenvalue weighted by molar-refractivity contribution is -0.142. The van der Waals surface area contributed by atoms with E-state index < -0.39 is 6.04 Å². The normalized spacial score (nSPS) is 11.5. The van der Waals surface area contributed by atoms with E-state index >= 15 is 0 Å². The molecule has 0 unspecified atom stereocenters. The maximum absolute atomic E-state index is 13.4. The van der Waals surface area contributed by atoms with Gasteiger partial charge >= 0.3 is 0 Å². The molecular weight excluding hydrogens is 436 g/mol. The smallest absolute Gasteiger partial charge is 0.261 e. The number of halogens is 1. The maximum atomic E-state index is 13.4. The molecule has 6 heteroatoms. The maximum Gasteiger partial charge on any atom is 0.261 e. The highest BCUT2D eigenvalue weighted by atomic mass is 35.5. The predicted octanol–water partition coefficient (Wildman–Crippen LogP) is 4.72. The molecular formula is C27H29ClN2O3. The van der Waals surface area contributed by atoms with Crippen LogP contribution in [0.4, 0.5) is 0 Å². The lowest BCUT2D eigenvalue weighted by Gasteiger charge is -2.31. The van der Waals surface area contributed by atoms with Gasteiger partial charge in [0.05, 0.1) is 0 Å². The van der Waals surface area contributed by atoms with Gasteiger partial charge in [-0.05, 0) is 54.3 Å². The minimum absolute atomic E-state index is 0.185. The summed E-state index contributed by atoms with van der Waals surface area (Å²) in [5.41, 5.74) is 3.83. The van der Waals surface area contributed by atoms with Crippen molar-refractivity contribution in [2.45, 2.75) is 32.9 Å². The molecule has 0 fully saturated rings. The third kappa shape index (κ3) is 6.83. The van der Waals surface area contributed by atoms with Gasteiger partial charge in [0.15, 0.2) is 6.61 Å². The Morgan fingerprint density at radius 3 is 2.24 bits per heavy atom. The quantitative estimate of drug-likeness (QED) is 0.498. The van der Waals surface area contributed by atoms with Gasteiger partial charge in [0.25, 0.3) is 5.91 Å². The monoisotopic (exact) mass is 464 g/mol. The first-order valence-electron chi connectivity index (χ1n) is 10.9. The second kappa shape index (κ2) is 11.5. The average Bonchev–Trinajstić information content (AvgIpc) is 2.80. The van der Waals surface area contributed by atoms with Gasteiger partial charge < -0.3 is 15.0 Å². The summed E-state index contributed by atoms with van der Waals surface area (Å²) < 4.78 is 5.84. The van der Waals surface area contributed by atoms with Crippen LogP contribution in [0.3, 0.4) is 0 Å². The van der Waals surface area contributed by atoms with Crippen LogP contribution in [-0.4, -0.2) is 36.4 Å². The van der Waals surface area contributed by atoms with Gasteiger partial charge in [-0.25, -0.2) is 0 Å². The van der Waals surface area contributed by atoms with Crippen LogP contribution in [0.5, 0.6) is 5.75 Å². The van der Waals surface area contributed by atoms with Crippen molar-refractivity contribution in [1.29, 1.82) is 0 Å². The van der Waals surface area contributed by atoms with Gasteiger partial charge in [-0.1, -0.05) is 66.2 Å². The summed E-state index contributed by atoms with van der Waals surface area (Å²) in [4.78, 5) is 27.9. The van der Waals surface area contributed by atoms with Crippen LogP contribution in [0, 0.1) is 13.8 Å². The lowest BCUT2D eigenvalue weighted by Crippen LogP contribution is -2.51. The number of hydrogen-bond donors (Lipinski definition) is 1. The number of likely N-dealkylation sites (N-methyl/N-ethyl adjacent to an activating group) is 1.